The van der Waals surface area contributed by atoms with Crippen LogP contribution in [0.3, 0.4) is 0 Å². The van der Waals surface area contributed by atoms with E-state index in [1.54, 1.807) is 49.4 Å². The van der Waals surface area contributed by atoms with Crippen molar-refractivity contribution in [3.63, 3.8) is 0 Å². The van der Waals surface area contributed by atoms with Crippen molar-refractivity contribution >= 4 is 21.6 Å². The number of fused-ring (bicyclic) bond motifs is 1. The number of benzene rings is 3. The van der Waals surface area contributed by atoms with Crippen LogP contribution in [-0.4, -0.2) is 21.1 Å². The average molecular weight is 439 g/mol. The van der Waals surface area contributed by atoms with Gasteiger partial charge in [-0.1, -0.05) is 29.8 Å². The first-order chi connectivity index (χ1) is 14.8. The largest absolute Gasteiger partial charge is 0.454 e. The molecule has 0 unspecified atom stereocenters. The first-order valence-electron chi connectivity index (χ1n) is 9.69. The van der Waals surface area contributed by atoms with E-state index in [-0.39, 0.29) is 17.6 Å². The molecule has 0 atom stereocenters. The van der Waals surface area contributed by atoms with Gasteiger partial charge in [-0.3, -0.25) is 9.52 Å². The molecule has 0 spiro atoms. The number of hydrogen-bond donors (Lipinski definition) is 2. The average Bonchev–Trinajstić information content (AvgIpc) is 3.21. The van der Waals surface area contributed by atoms with E-state index < -0.39 is 10.0 Å². The predicted octanol–water partition coefficient (Wildman–Crippen LogP) is 3.76. The van der Waals surface area contributed by atoms with Crippen molar-refractivity contribution in [3.8, 4) is 11.5 Å². The Labute approximate surface area is 181 Å². The molecule has 0 saturated heterocycles. The van der Waals surface area contributed by atoms with Crippen LogP contribution < -0.4 is 19.5 Å². The van der Waals surface area contributed by atoms with Gasteiger partial charge in [-0.15, -0.1) is 0 Å². The molecule has 2 N–H and O–H groups in total. The van der Waals surface area contributed by atoms with Crippen molar-refractivity contribution in [1.29, 1.82) is 0 Å². The summed E-state index contributed by atoms with van der Waals surface area (Å²) in [5.41, 5.74) is 3.26. The molecular weight excluding hydrogens is 416 g/mol. The minimum atomic E-state index is -3.76. The van der Waals surface area contributed by atoms with E-state index in [1.807, 2.05) is 19.1 Å². The molecule has 0 saturated carbocycles. The number of rotatable bonds is 6. The zero-order chi connectivity index (χ0) is 22.0. The lowest BCUT2D eigenvalue weighted by atomic mass is 10.1. The van der Waals surface area contributed by atoms with E-state index in [1.165, 1.54) is 6.07 Å². The number of sulfonamides is 1. The first kappa shape index (κ1) is 20.7. The predicted molar refractivity (Wildman–Crippen MR) is 117 cm³/mol. The summed E-state index contributed by atoms with van der Waals surface area (Å²) in [6.07, 6.45) is 0. The third-order valence-electron chi connectivity index (χ3n) is 4.97. The Morgan fingerprint density at radius 3 is 2.45 bits per heavy atom. The van der Waals surface area contributed by atoms with Gasteiger partial charge in [0, 0.05) is 12.1 Å². The van der Waals surface area contributed by atoms with Crippen LogP contribution in [0.25, 0.3) is 0 Å². The van der Waals surface area contributed by atoms with Crippen LogP contribution in [-0.2, 0) is 16.6 Å². The lowest BCUT2D eigenvalue weighted by molar-refractivity contribution is 0.0951. The standard InChI is InChI=1S/C23H22N2O5S/c1-15-3-8-19(9-4-15)31(27,28)25-20-12-18(7-5-16(20)2)23(26)24-13-17-6-10-21-22(11-17)30-14-29-21/h3-12,25H,13-14H2,1-2H3,(H,24,26). The molecule has 0 bridgehead atoms. The molecule has 3 aromatic rings. The summed E-state index contributed by atoms with van der Waals surface area (Å²) in [5, 5.41) is 2.84. The van der Waals surface area contributed by atoms with Gasteiger partial charge in [0.2, 0.25) is 6.79 Å². The Kier molecular flexibility index (Phi) is 5.56. The van der Waals surface area contributed by atoms with Crippen LogP contribution in [0.2, 0.25) is 0 Å². The van der Waals surface area contributed by atoms with E-state index in [2.05, 4.69) is 10.0 Å². The number of hydrogen-bond acceptors (Lipinski definition) is 5. The van der Waals surface area contributed by atoms with Crippen molar-refractivity contribution in [1.82, 2.24) is 5.32 Å². The lowest BCUT2D eigenvalue weighted by Crippen LogP contribution is -2.23. The molecule has 0 aliphatic carbocycles. The van der Waals surface area contributed by atoms with Gasteiger partial charge in [0.15, 0.2) is 11.5 Å². The van der Waals surface area contributed by atoms with Crippen molar-refractivity contribution in [2.45, 2.75) is 25.3 Å². The zero-order valence-corrected chi connectivity index (χ0v) is 18.0. The van der Waals surface area contributed by atoms with Gasteiger partial charge in [-0.2, -0.15) is 0 Å². The van der Waals surface area contributed by atoms with E-state index >= 15 is 0 Å². The molecule has 0 aromatic heterocycles. The fourth-order valence-corrected chi connectivity index (χ4v) is 4.25. The third-order valence-corrected chi connectivity index (χ3v) is 6.35. The smallest absolute Gasteiger partial charge is 0.261 e. The van der Waals surface area contributed by atoms with Gasteiger partial charge in [0.1, 0.15) is 0 Å². The van der Waals surface area contributed by atoms with Crippen molar-refractivity contribution in [3.05, 3.63) is 82.9 Å². The lowest BCUT2D eigenvalue weighted by Gasteiger charge is -2.13. The molecule has 1 heterocycles. The highest BCUT2D eigenvalue weighted by Crippen LogP contribution is 2.32. The molecule has 1 aliphatic rings. The molecular formula is C23H22N2O5S. The van der Waals surface area contributed by atoms with Crippen LogP contribution in [0.4, 0.5) is 5.69 Å². The van der Waals surface area contributed by atoms with E-state index in [0.717, 1.165) is 11.1 Å². The number of nitrogens with one attached hydrogen (secondary N) is 2. The van der Waals surface area contributed by atoms with Gasteiger partial charge in [0.25, 0.3) is 15.9 Å². The van der Waals surface area contributed by atoms with Crippen molar-refractivity contribution in [2.24, 2.45) is 0 Å². The Morgan fingerprint density at radius 2 is 1.68 bits per heavy atom. The second-order valence-electron chi connectivity index (χ2n) is 7.32. The molecule has 7 nitrogen and oxygen atoms in total. The molecule has 0 fully saturated rings. The van der Waals surface area contributed by atoms with Crippen LogP contribution in [0.5, 0.6) is 11.5 Å². The van der Waals surface area contributed by atoms with Gasteiger partial charge < -0.3 is 14.8 Å². The molecule has 8 heteroatoms. The van der Waals surface area contributed by atoms with Gasteiger partial charge in [-0.25, -0.2) is 8.42 Å². The minimum absolute atomic E-state index is 0.162. The second kappa shape index (κ2) is 8.31. The van der Waals surface area contributed by atoms with Crippen molar-refractivity contribution in [2.75, 3.05) is 11.5 Å². The third kappa shape index (κ3) is 4.64. The molecule has 4 rings (SSSR count). The maximum absolute atomic E-state index is 12.7. The quantitative estimate of drug-likeness (QED) is 0.611. The minimum Gasteiger partial charge on any atom is -0.454 e. The molecule has 160 valence electrons. The summed E-state index contributed by atoms with van der Waals surface area (Å²) in [4.78, 5) is 12.8. The second-order valence-corrected chi connectivity index (χ2v) is 9.00. The number of carbonyl (C=O) groups is 1. The van der Waals surface area contributed by atoms with Gasteiger partial charge in [0.05, 0.1) is 10.6 Å². The van der Waals surface area contributed by atoms with E-state index in [9.17, 15) is 13.2 Å². The number of carbonyl (C=O) groups excluding carboxylic acids is 1. The number of ether oxygens (including phenoxy) is 2. The monoisotopic (exact) mass is 438 g/mol. The number of aryl methyl sites for hydroxylation is 2. The van der Waals surface area contributed by atoms with Crippen LogP contribution in [0.1, 0.15) is 27.0 Å². The molecule has 0 radical (unpaired) electrons. The van der Waals surface area contributed by atoms with E-state index in [4.69, 9.17) is 9.47 Å². The zero-order valence-electron chi connectivity index (χ0n) is 17.1. The number of anilines is 1. The fraction of sp³-hybridized carbons (Fsp3) is 0.174. The molecule has 31 heavy (non-hydrogen) atoms. The number of amides is 1. The Bertz CT molecular complexity index is 1240. The van der Waals surface area contributed by atoms with Crippen LogP contribution in [0.15, 0.2) is 65.6 Å². The Hall–Kier alpha value is -3.52. The highest BCUT2D eigenvalue weighted by atomic mass is 32.2. The molecule has 1 aliphatic heterocycles. The molecule has 3 aromatic carbocycles. The van der Waals surface area contributed by atoms with Crippen molar-refractivity contribution < 1.29 is 22.7 Å². The summed E-state index contributed by atoms with van der Waals surface area (Å²) in [7, 11) is -3.76. The molecule has 1 amide bonds. The summed E-state index contributed by atoms with van der Waals surface area (Å²) in [5.74, 6) is 1.02. The summed E-state index contributed by atoms with van der Waals surface area (Å²) in [6, 6.07) is 17.0. The first-order valence-corrected chi connectivity index (χ1v) is 11.2. The van der Waals surface area contributed by atoms with Gasteiger partial charge in [-0.05, 0) is 61.4 Å². The van der Waals surface area contributed by atoms with E-state index in [0.29, 0.717) is 34.9 Å². The Morgan fingerprint density at radius 1 is 0.935 bits per heavy atom. The highest BCUT2D eigenvalue weighted by molar-refractivity contribution is 7.92. The normalized spacial score (nSPS) is 12.5. The van der Waals surface area contributed by atoms with Crippen LogP contribution >= 0.6 is 0 Å². The maximum atomic E-state index is 12.7. The highest BCUT2D eigenvalue weighted by Gasteiger charge is 2.17. The Balaban J connectivity index is 1.48. The van der Waals surface area contributed by atoms with Crippen LogP contribution in [0, 0.1) is 13.8 Å². The summed E-state index contributed by atoms with van der Waals surface area (Å²) >= 11 is 0. The SMILES string of the molecule is Cc1ccc(S(=O)(=O)Nc2cc(C(=O)NCc3ccc4c(c3)OCO4)ccc2C)cc1. The summed E-state index contributed by atoms with van der Waals surface area (Å²) < 4.78 is 38.6. The summed E-state index contributed by atoms with van der Waals surface area (Å²) in [6.45, 7) is 4.16. The fourth-order valence-electron chi connectivity index (χ4n) is 3.13. The topological polar surface area (TPSA) is 93.7 Å². The maximum Gasteiger partial charge on any atom is 0.261 e. The van der Waals surface area contributed by atoms with Gasteiger partial charge >= 0.3 is 0 Å².